The Morgan fingerprint density at radius 1 is 0.727 bits per heavy atom. The van der Waals surface area contributed by atoms with Crippen molar-refractivity contribution in [3.05, 3.63) is 102 Å². The van der Waals surface area contributed by atoms with Gasteiger partial charge >= 0.3 is 11.9 Å². The second-order valence-corrected chi connectivity index (χ2v) is 9.78. The average molecular weight is 459 g/mol. The molecule has 33 heavy (non-hydrogen) atoms. The number of ether oxygens (including phenoxy) is 2. The summed E-state index contributed by atoms with van der Waals surface area (Å²) in [6.07, 6.45) is 0. The van der Waals surface area contributed by atoms with Crippen LogP contribution in [-0.2, 0) is 14.0 Å². The molecule has 0 spiro atoms. The van der Waals surface area contributed by atoms with E-state index in [2.05, 4.69) is 5.09 Å². The molecule has 0 fully saturated rings. The fourth-order valence-electron chi connectivity index (χ4n) is 3.73. The molecule has 0 heterocycles. The molecule has 1 N–H and O–H groups in total. The van der Waals surface area contributed by atoms with Crippen molar-refractivity contribution in [3.8, 4) is 0 Å². The minimum Gasteiger partial charge on any atom is -0.465 e. The molecule has 0 radical (unpaired) electrons. The highest BCUT2D eigenvalue weighted by atomic mass is 31.2. The third kappa shape index (κ3) is 4.38. The van der Waals surface area contributed by atoms with Gasteiger partial charge in [-0.2, -0.15) is 0 Å². The first-order valence-corrected chi connectivity index (χ1v) is 11.9. The Kier molecular flexibility index (Phi) is 6.29. The molecule has 4 aromatic carbocycles. The fraction of sp³-hybridized carbons (Fsp3) is 0.0769. The summed E-state index contributed by atoms with van der Waals surface area (Å²) in [5, 5.41) is 6.16. The van der Waals surface area contributed by atoms with Gasteiger partial charge in [0.2, 0.25) is 7.29 Å². The normalized spacial score (nSPS) is 12.5. The number of methoxy groups -OCH3 is 2. The lowest BCUT2D eigenvalue weighted by Crippen LogP contribution is -2.23. The number of hydrogen-bond donors (Lipinski definition) is 1. The zero-order valence-electron chi connectivity index (χ0n) is 18.1. The van der Waals surface area contributed by atoms with Crippen LogP contribution in [-0.4, -0.2) is 26.2 Å². The van der Waals surface area contributed by atoms with Crippen LogP contribution >= 0.6 is 7.29 Å². The van der Waals surface area contributed by atoms with Crippen molar-refractivity contribution in [2.75, 3.05) is 19.3 Å². The van der Waals surface area contributed by atoms with E-state index < -0.39 is 19.2 Å². The average Bonchev–Trinajstić information content (AvgIpc) is 2.87. The lowest BCUT2D eigenvalue weighted by atomic mass is 10.1. The van der Waals surface area contributed by atoms with Crippen LogP contribution in [0.3, 0.4) is 0 Å². The van der Waals surface area contributed by atoms with Gasteiger partial charge in [-0.3, -0.25) is 4.57 Å². The number of anilines is 1. The molecular formula is C26H22NO5P. The minimum absolute atomic E-state index is 0.139. The van der Waals surface area contributed by atoms with Gasteiger partial charge in [0.1, 0.15) is 0 Å². The summed E-state index contributed by atoms with van der Waals surface area (Å²) in [6, 6.07) is 26.8. The molecule has 0 saturated carbocycles. The molecule has 0 aliphatic carbocycles. The standard InChI is InChI=1S/C26H22NO5P/c1-31-25(28)19-15-20(26(29)32-2)17-21(16-19)27-33(30,22-11-4-3-5-12-22)24-14-8-10-18-9-6-7-13-23(18)24/h3-17H,1-2H3,(H,27,30). The summed E-state index contributed by atoms with van der Waals surface area (Å²) in [4.78, 5) is 24.5. The fourth-order valence-corrected chi connectivity index (χ4v) is 6.18. The van der Waals surface area contributed by atoms with E-state index in [0.717, 1.165) is 10.8 Å². The SMILES string of the molecule is COC(=O)c1cc(NP(=O)(c2ccccc2)c2cccc3ccccc23)cc(C(=O)OC)c1. The number of carbonyl (C=O) groups is 2. The highest BCUT2D eigenvalue weighted by Crippen LogP contribution is 2.45. The first-order valence-electron chi connectivity index (χ1n) is 10.2. The van der Waals surface area contributed by atoms with Crippen LogP contribution in [0, 0.1) is 0 Å². The molecule has 0 amide bonds. The van der Waals surface area contributed by atoms with Crippen molar-refractivity contribution in [1.29, 1.82) is 0 Å². The second-order valence-electron chi connectivity index (χ2n) is 7.34. The molecule has 0 aromatic heterocycles. The maximum atomic E-state index is 14.8. The van der Waals surface area contributed by atoms with E-state index in [-0.39, 0.29) is 11.1 Å². The van der Waals surface area contributed by atoms with Gasteiger partial charge in [-0.1, -0.05) is 54.6 Å². The molecule has 0 bridgehead atoms. The molecule has 0 aliphatic rings. The number of nitrogens with one attached hydrogen (secondary N) is 1. The third-order valence-electron chi connectivity index (χ3n) is 5.29. The van der Waals surface area contributed by atoms with E-state index in [0.29, 0.717) is 16.3 Å². The molecule has 6 nitrogen and oxygen atoms in total. The number of fused-ring (bicyclic) bond motifs is 1. The number of benzene rings is 4. The summed E-state index contributed by atoms with van der Waals surface area (Å²) in [5.41, 5.74) is 0.610. The minimum atomic E-state index is -3.46. The maximum Gasteiger partial charge on any atom is 0.337 e. The van der Waals surface area contributed by atoms with Gasteiger partial charge in [-0.15, -0.1) is 0 Å². The first kappa shape index (κ1) is 22.3. The van der Waals surface area contributed by atoms with Gasteiger partial charge in [0.15, 0.2) is 0 Å². The number of hydrogen-bond acceptors (Lipinski definition) is 5. The van der Waals surface area contributed by atoms with Gasteiger partial charge in [0, 0.05) is 16.3 Å². The molecular weight excluding hydrogens is 437 g/mol. The van der Waals surface area contributed by atoms with Crippen LogP contribution in [0.15, 0.2) is 91.0 Å². The topological polar surface area (TPSA) is 81.7 Å². The molecule has 0 saturated heterocycles. The third-order valence-corrected chi connectivity index (χ3v) is 7.95. The van der Waals surface area contributed by atoms with Crippen molar-refractivity contribution in [2.45, 2.75) is 0 Å². The van der Waals surface area contributed by atoms with E-state index in [1.165, 1.54) is 32.4 Å². The highest BCUT2D eigenvalue weighted by Gasteiger charge is 2.30. The van der Waals surface area contributed by atoms with Gasteiger partial charge in [0.05, 0.1) is 25.3 Å². The Balaban J connectivity index is 1.93. The second kappa shape index (κ2) is 9.31. The van der Waals surface area contributed by atoms with E-state index >= 15 is 0 Å². The number of rotatable bonds is 6. The predicted octanol–water partition coefficient (Wildman–Crippen LogP) is 4.75. The number of carbonyl (C=O) groups excluding carboxylic acids is 2. The monoisotopic (exact) mass is 459 g/mol. The Morgan fingerprint density at radius 2 is 1.30 bits per heavy atom. The summed E-state index contributed by atoms with van der Waals surface area (Å²) >= 11 is 0. The van der Waals surface area contributed by atoms with Gasteiger partial charge < -0.3 is 14.6 Å². The molecule has 0 aliphatic heterocycles. The van der Waals surface area contributed by atoms with Crippen LogP contribution < -0.4 is 15.7 Å². The van der Waals surface area contributed by atoms with Crippen molar-refractivity contribution < 1.29 is 23.6 Å². The first-order chi connectivity index (χ1) is 16.0. The van der Waals surface area contributed by atoms with Crippen molar-refractivity contribution in [2.24, 2.45) is 0 Å². The van der Waals surface area contributed by atoms with Crippen LogP contribution in [0.5, 0.6) is 0 Å². The van der Waals surface area contributed by atoms with Crippen LogP contribution in [0.4, 0.5) is 5.69 Å². The maximum absolute atomic E-state index is 14.8. The molecule has 7 heteroatoms. The quantitative estimate of drug-likeness (QED) is 0.331. The summed E-state index contributed by atoms with van der Waals surface area (Å²) in [5.74, 6) is -1.24. The van der Waals surface area contributed by atoms with Crippen LogP contribution in [0.2, 0.25) is 0 Å². The van der Waals surface area contributed by atoms with Crippen LogP contribution in [0.1, 0.15) is 20.7 Å². The highest BCUT2D eigenvalue weighted by molar-refractivity contribution is 7.80. The summed E-state index contributed by atoms with van der Waals surface area (Å²) in [7, 11) is -0.952. The van der Waals surface area contributed by atoms with Crippen LogP contribution in [0.25, 0.3) is 10.8 Å². The largest absolute Gasteiger partial charge is 0.465 e. The van der Waals surface area contributed by atoms with Gasteiger partial charge in [0.25, 0.3) is 0 Å². The predicted molar refractivity (Wildman–Crippen MR) is 130 cm³/mol. The Morgan fingerprint density at radius 3 is 1.94 bits per heavy atom. The smallest absolute Gasteiger partial charge is 0.337 e. The zero-order valence-corrected chi connectivity index (χ0v) is 19.0. The lowest BCUT2D eigenvalue weighted by molar-refractivity contribution is 0.0599. The van der Waals surface area contributed by atoms with E-state index in [1.807, 2.05) is 60.7 Å². The van der Waals surface area contributed by atoms with Gasteiger partial charge in [-0.25, -0.2) is 9.59 Å². The van der Waals surface area contributed by atoms with E-state index in [9.17, 15) is 14.2 Å². The molecule has 4 aromatic rings. The number of esters is 2. The molecule has 166 valence electrons. The van der Waals surface area contributed by atoms with Crippen molar-refractivity contribution in [3.63, 3.8) is 0 Å². The van der Waals surface area contributed by atoms with Gasteiger partial charge in [-0.05, 0) is 47.2 Å². The van der Waals surface area contributed by atoms with E-state index in [1.54, 1.807) is 12.1 Å². The Labute approximate surface area is 191 Å². The Hall–Kier alpha value is -3.89. The zero-order chi connectivity index (χ0) is 23.4. The van der Waals surface area contributed by atoms with Crippen molar-refractivity contribution >= 4 is 46.3 Å². The Bertz CT molecular complexity index is 1340. The molecule has 4 rings (SSSR count). The lowest BCUT2D eigenvalue weighted by Gasteiger charge is -2.23. The van der Waals surface area contributed by atoms with E-state index in [4.69, 9.17) is 9.47 Å². The molecule has 1 atom stereocenters. The summed E-state index contributed by atoms with van der Waals surface area (Å²) in [6.45, 7) is 0. The molecule has 1 unspecified atom stereocenters. The van der Waals surface area contributed by atoms with Crippen molar-refractivity contribution in [1.82, 2.24) is 0 Å². The summed E-state index contributed by atoms with van der Waals surface area (Å²) < 4.78 is 24.4.